The van der Waals surface area contributed by atoms with Crippen molar-refractivity contribution < 1.29 is 0 Å². The smallest absolute Gasteiger partial charge is 0.109 e. The second kappa shape index (κ2) is 3.92. The SMILES string of the molecule is CS[C@@]1(C#N)C[C@H]2C[C@@H]1C=C2c1ccccc1. The molecule has 3 rings (SSSR count). The normalized spacial score (nSPS) is 34.5. The molecule has 0 amide bonds. The van der Waals surface area contributed by atoms with Crippen LogP contribution in [0.5, 0.6) is 0 Å². The molecule has 0 spiro atoms. The molecule has 2 heteroatoms. The average Bonchev–Trinajstić information content (AvgIpc) is 2.97. The van der Waals surface area contributed by atoms with Crippen LogP contribution in [0.15, 0.2) is 36.4 Å². The lowest BCUT2D eigenvalue weighted by Crippen LogP contribution is -2.27. The van der Waals surface area contributed by atoms with Crippen molar-refractivity contribution in [2.75, 3.05) is 6.26 Å². The number of fused-ring (bicyclic) bond motifs is 2. The number of nitriles is 1. The van der Waals surface area contributed by atoms with E-state index in [0.717, 1.165) is 6.42 Å². The van der Waals surface area contributed by atoms with Gasteiger partial charge in [-0.25, -0.2) is 0 Å². The zero-order chi connectivity index (χ0) is 11.9. The average molecular weight is 241 g/mol. The van der Waals surface area contributed by atoms with Gasteiger partial charge in [0.2, 0.25) is 0 Å². The van der Waals surface area contributed by atoms with Crippen LogP contribution in [0, 0.1) is 23.2 Å². The third-order valence-corrected chi connectivity index (χ3v) is 5.46. The van der Waals surface area contributed by atoms with Gasteiger partial charge in [-0.2, -0.15) is 5.26 Å². The standard InChI is InChI=1S/C15H15NS/c1-17-15(10-16)9-12-7-13(15)8-14(12)11-5-3-2-4-6-11/h2-6,8,12-13H,7,9H2,1H3/t12-,13-,15-/m1/s1. The first-order chi connectivity index (χ1) is 8.29. The lowest BCUT2D eigenvalue weighted by molar-refractivity contribution is 0.618. The molecule has 2 aliphatic rings. The quantitative estimate of drug-likeness (QED) is 0.787. The number of thioether (sulfide) groups is 1. The van der Waals surface area contributed by atoms with E-state index in [1.165, 1.54) is 17.6 Å². The zero-order valence-electron chi connectivity index (χ0n) is 9.89. The molecular formula is C15H15NS. The molecule has 2 bridgehead atoms. The predicted octanol–water partition coefficient (Wildman–Crippen LogP) is 3.74. The summed E-state index contributed by atoms with van der Waals surface area (Å²) in [5, 5.41) is 9.40. The molecule has 0 saturated heterocycles. The van der Waals surface area contributed by atoms with Crippen LogP contribution in [-0.4, -0.2) is 11.0 Å². The number of hydrogen-bond donors (Lipinski definition) is 0. The van der Waals surface area contributed by atoms with E-state index in [2.05, 4.69) is 48.7 Å². The van der Waals surface area contributed by atoms with E-state index in [-0.39, 0.29) is 4.75 Å². The topological polar surface area (TPSA) is 23.8 Å². The van der Waals surface area contributed by atoms with Gasteiger partial charge in [-0.15, -0.1) is 11.8 Å². The molecule has 3 atom stereocenters. The number of hydrogen-bond acceptors (Lipinski definition) is 2. The van der Waals surface area contributed by atoms with E-state index >= 15 is 0 Å². The monoisotopic (exact) mass is 241 g/mol. The molecule has 0 aromatic heterocycles. The van der Waals surface area contributed by atoms with Crippen molar-refractivity contribution in [3.05, 3.63) is 42.0 Å². The zero-order valence-corrected chi connectivity index (χ0v) is 10.7. The van der Waals surface area contributed by atoms with Gasteiger partial charge in [0, 0.05) is 5.92 Å². The van der Waals surface area contributed by atoms with E-state index < -0.39 is 0 Å². The van der Waals surface area contributed by atoms with Crippen molar-refractivity contribution in [1.29, 1.82) is 5.26 Å². The molecule has 17 heavy (non-hydrogen) atoms. The summed E-state index contributed by atoms with van der Waals surface area (Å²) in [6.45, 7) is 0. The Hall–Kier alpha value is -1.20. The van der Waals surface area contributed by atoms with E-state index in [1.54, 1.807) is 11.8 Å². The Balaban J connectivity index is 1.96. The summed E-state index contributed by atoms with van der Waals surface area (Å²) in [6, 6.07) is 13.1. The fourth-order valence-electron chi connectivity index (χ4n) is 3.26. The summed E-state index contributed by atoms with van der Waals surface area (Å²) in [6.07, 6.45) is 6.61. The molecule has 86 valence electrons. The van der Waals surface area contributed by atoms with E-state index in [0.29, 0.717) is 11.8 Å². The third-order valence-electron chi connectivity index (χ3n) is 4.17. The summed E-state index contributed by atoms with van der Waals surface area (Å²) >= 11 is 1.73. The van der Waals surface area contributed by atoms with Crippen LogP contribution in [0.4, 0.5) is 0 Å². The van der Waals surface area contributed by atoms with Crippen LogP contribution in [0.1, 0.15) is 18.4 Å². The van der Waals surface area contributed by atoms with E-state index in [9.17, 15) is 5.26 Å². The highest BCUT2D eigenvalue weighted by atomic mass is 32.2. The summed E-state index contributed by atoms with van der Waals surface area (Å²) in [4.78, 5) is 0. The van der Waals surface area contributed by atoms with Crippen molar-refractivity contribution in [1.82, 2.24) is 0 Å². The van der Waals surface area contributed by atoms with Gasteiger partial charge in [0.1, 0.15) is 4.75 Å². The van der Waals surface area contributed by atoms with Crippen LogP contribution < -0.4 is 0 Å². The summed E-state index contributed by atoms with van der Waals surface area (Å²) in [7, 11) is 0. The van der Waals surface area contributed by atoms with Crippen LogP contribution in [0.3, 0.4) is 0 Å². The lowest BCUT2D eigenvalue weighted by atomic mass is 9.86. The van der Waals surface area contributed by atoms with Crippen molar-refractivity contribution in [2.24, 2.45) is 11.8 Å². The highest BCUT2D eigenvalue weighted by Crippen LogP contribution is 2.57. The lowest BCUT2D eigenvalue weighted by Gasteiger charge is -2.28. The molecular weight excluding hydrogens is 226 g/mol. The van der Waals surface area contributed by atoms with Crippen LogP contribution in [0.2, 0.25) is 0 Å². The number of benzene rings is 1. The maximum absolute atomic E-state index is 9.40. The highest BCUT2D eigenvalue weighted by molar-refractivity contribution is 8.00. The molecule has 0 heterocycles. The van der Waals surface area contributed by atoms with Crippen LogP contribution in [0.25, 0.3) is 5.57 Å². The van der Waals surface area contributed by atoms with Gasteiger partial charge in [0.25, 0.3) is 0 Å². The Bertz CT molecular complexity index is 499. The van der Waals surface area contributed by atoms with Gasteiger partial charge < -0.3 is 0 Å². The van der Waals surface area contributed by atoms with Gasteiger partial charge in [-0.3, -0.25) is 0 Å². The van der Waals surface area contributed by atoms with E-state index in [4.69, 9.17) is 0 Å². The molecule has 1 aromatic carbocycles. The molecule has 0 aliphatic heterocycles. The Morgan fingerprint density at radius 2 is 2.12 bits per heavy atom. The Labute approximate surface area is 107 Å². The highest BCUT2D eigenvalue weighted by Gasteiger charge is 2.51. The summed E-state index contributed by atoms with van der Waals surface area (Å²) < 4.78 is -0.150. The molecule has 1 nitrogen and oxygen atoms in total. The molecule has 0 unspecified atom stereocenters. The summed E-state index contributed by atoms with van der Waals surface area (Å²) in [5.74, 6) is 1.04. The Morgan fingerprint density at radius 1 is 1.35 bits per heavy atom. The molecule has 1 aromatic rings. The number of allylic oxidation sites excluding steroid dienone is 2. The van der Waals surface area contributed by atoms with Gasteiger partial charge in [-0.1, -0.05) is 36.4 Å². The number of nitrogens with zero attached hydrogens (tertiary/aromatic N) is 1. The van der Waals surface area contributed by atoms with Gasteiger partial charge in [-0.05, 0) is 36.2 Å². The van der Waals surface area contributed by atoms with E-state index in [1.807, 2.05) is 0 Å². The molecule has 1 fully saturated rings. The minimum Gasteiger partial charge on any atom is -0.197 e. The maximum Gasteiger partial charge on any atom is 0.109 e. The minimum absolute atomic E-state index is 0.150. The van der Waals surface area contributed by atoms with Gasteiger partial charge in [0.15, 0.2) is 0 Å². The van der Waals surface area contributed by atoms with Crippen LogP contribution in [-0.2, 0) is 0 Å². The largest absolute Gasteiger partial charge is 0.197 e. The molecule has 1 saturated carbocycles. The first-order valence-corrected chi connectivity index (χ1v) is 7.25. The number of rotatable bonds is 2. The van der Waals surface area contributed by atoms with Gasteiger partial charge in [0.05, 0.1) is 6.07 Å². The van der Waals surface area contributed by atoms with Crippen molar-refractivity contribution >= 4 is 17.3 Å². The fourth-order valence-corrected chi connectivity index (χ4v) is 4.19. The minimum atomic E-state index is -0.150. The summed E-state index contributed by atoms with van der Waals surface area (Å²) in [5.41, 5.74) is 2.81. The Morgan fingerprint density at radius 3 is 2.65 bits per heavy atom. The van der Waals surface area contributed by atoms with Crippen molar-refractivity contribution in [3.63, 3.8) is 0 Å². The maximum atomic E-state index is 9.40. The first kappa shape index (κ1) is 10.9. The molecule has 0 radical (unpaired) electrons. The molecule has 2 aliphatic carbocycles. The fraction of sp³-hybridized carbons (Fsp3) is 0.400. The second-order valence-electron chi connectivity index (χ2n) is 4.94. The predicted molar refractivity (Wildman–Crippen MR) is 72.5 cm³/mol. The van der Waals surface area contributed by atoms with Crippen molar-refractivity contribution in [2.45, 2.75) is 17.6 Å². The molecule has 0 N–H and O–H groups in total. The van der Waals surface area contributed by atoms with Crippen molar-refractivity contribution in [3.8, 4) is 6.07 Å². The third kappa shape index (κ3) is 1.53. The Kier molecular flexibility index (Phi) is 2.52. The van der Waals surface area contributed by atoms with Crippen LogP contribution >= 0.6 is 11.8 Å². The first-order valence-electron chi connectivity index (χ1n) is 6.02. The second-order valence-corrected chi connectivity index (χ2v) is 6.07. The van der Waals surface area contributed by atoms with Gasteiger partial charge >= 0.3 is 0 Å².